The lowest BCUT2D eigenvalue weighted by atomic mass is 10.1. The molecule has 0 aliphatic rings. The third kappa shape index (κ3) is 5.42. The average Bonchev–Trinajstić information content (AvgIpc) is 2.58. The smallest absolute Gasteiger partial charge is 0.310 e. The van der Waals surface area contributed by atoms with Gasteiger partial charge in [0, 0.05) is 24.7 Å². The number of nitrogens with zero attached hydrogens (tertiary/aromatic N) is 1. The summed E-state index contributed by atoms with van der Waals surface area (Å²) in [5, 5.41) is 9.67. The number of carbonyl (C=O) groups is 2. The first-order chi connectivity index (χ1) is 11.3. The van der Waals surface area contributed by atoms with Gasteiger partial charge in [-0.3, -0.25) is 9.59 Å². The Kier molecular flexibility index (Phi) is 7.51. The fraction of sp³-hybridized carbons (Fsp3) is 0.529. The number of benzene rings is 1. The number of rotatable bonds is 8. The molecule has 2 atom stereocenters. The molecule has 0 bridgehead atoms. The van der Waals surface area contributed by atoms with Gasteiger partial charge in [0.1, 0.15) is 11.5 Å². The Bertz CT molecular complexity index is 550. The molecule has 0 saturated carbocycles. The van der Waals surface area contributed by atoms with Crippen molar-refractivity contribution >= 4 is 11.9 Å². The molecule has 0 aliphatic heterocycles. The summed E-state index contributed by atoms with van der Waals surface area (Å²) in [6, 6.07) is 4.83. The van der Waals surface area contributed by atoms with Crippen molar-refractivity contribution < 1.29 is 28.9 Å². The van der Waals surface area contributed by atoms with Gasteiger partial charge in [0.15, 0.2) is 0 Å². The average molecular weight is 339 g/mol. The van der Waals surface area contributed by atoms with Crippen molar-refractivity contribution in [2.45, 2.75) is 20.0 Å². The number of carbonyl (C=O) groups excluding carboxylic acids is 2. The van der Waals surface area contributed by atoms with Crippen LogP contribution in [-0.4, -0.2) is 62.4 Å². The second-order valence-electron chi connectivity index (χ2n) is 5.58. The van der Waals surface area contributed by atoms with Crippen molar-refractivity contribution in [1.82, 2.24) is 4.90 Å². The van der Waals surface area contributed by atoms with E-state index in [4.69, 9.17) is 14.2 Å². The van der Waals surface area contributed by atoms with E-state index in [1.807, 2.05) is 0 Å². The van der Waals surface area contributed by atoms with Crippen molar-refractivity contribution in [1.29, 1.82) is 0 Å². The fourth-order valence-electron chi connectivity index (χ4n) is 2.28. The maximum Gasteiger partial charge on any atom is 0.310 e. The highest BCUT2D eigenvalue weighted by Gasteiger charge is 2.24. The van der Waals surface area contributed by atoms with Crippen LogP contribution in [0.2, 0.25) is 0 Å². The number of hydrogen-bond acceptors (Lipinski definition) is 6. The number of amides is 1. The van der Waals surface area contributed by atoms with Crippen molar-refractivity contribution in [3.8, 4) is 11.5 Å². The minimum Gasteiger partial charge on any atom is -0.497 e. The predicted octanol–water partition coefficient (Wildman–Crippen LogP) is 1.34. The predicted molar refractivity (Wildman–Crippen MR) is 88.3 cm³/mol. The summed E-state index contributed by atoms with van der Waals surface area (Å²) in [4.78, 5) is 25.9. The Morgan fingerprint density at radius 2 is 1.58 bits per heavy atom. The molecule has 1 amide bonds. The van der Waals surface area contributed by atoms with E-state index in [9.17, 15) is 14.7 Å². The van der Waals surface area contributed by atoms with Gasteiger partial charge in [0.2, 0.25) is 0 Å². The largest absolute Gasteiger partial charge is 0.497 e. The van der Waals surface area contributed by atoms with Crippen LogP contribution in [0, 0.1) is 5.92 Å². The lowest BCUT2D eigenvalue weighted by Crippen LogP contribution is -2.41. The first kappa shape index (κ1) is 19.8. The van der Waals surface area contributed by atoms with Gasteiger partial charge >= 0.3 is 5.97 Å². The monoisotopic (exact) mass is 339 g/mol. The Morgan fingerprint density at radius 3 is 2.00 bits per heavy atom. The van der Waals surface area contributed by atoms with Gasteiger partial charge in [-0.15, -0.1) is 0 Å². The number of esters is 1. The minimum atomic E-state index is -0.730. The molecule has 2 unspecified atom stereocenters. The number of aliphatic hydroxyl groups excluding tert-OH is 1. The molecule has 1 aromatic carbocycles. The standard InChI is InChI=1S/C17H25NO6/c1-11(17(21)24-5)9-18(10-12(2)19)16(20)13-6-14(22-3)8-15(7-13)23-4/h6-8,11-12,19H,9-10H2,1-5H3. The van der Waals surface area contributed by atoms with Gasteiger partial charge < -0.3 is 24.2 Å². The zero-order valence-corrected chi connectivity index (χ0v) is 14.7. The van der Waals surface area contributed by atoms with Crippen LogP contribution in [0.4, 0.5) is 0 Å². The van der Waals surface area contributed by atoms with E-state index in [-0.39, 0.29) is 19.0 Å². The summed E-state index contributed by atoms with van der Waals surface area (Å²) in [6.07, 6.45) is -0.730. The summed E-state index contributed by atoms with van der Waals surface area (Å²) in [7, 11) is 4.29. The molecule has 0 heterocycles. The van der Waals surface area contributed by atoms with E-state index < -0.39 is 18.0 Å². The van der Waals surface area contributed by atoms with Crippen LogP contribution in [0.15, 0.2) is 18.2 Å². The Morgan fingerprint density at radius 1 is 1.04 bits per heavy atom. The van der Waals surface area contributed by atoms with Gasteiger partial charge in [0.25, 0.3) is 5.91 Å². The van der Waals surface area contributed by atoms with E-state index in [1.165, 1.54) is 26.2 Å². The molecule has 0 spiro atoms. The lowest BCUT2D eigenvalue weighted by molar-refractivity contribution is -0.145. The summed E-state index contributed by atoms with van der Waals surface area (Å²) >= 11 is 0. The third-order valence-electron chi connectivity index (χ3n) is 3.47. The molecule has 0 saturated heterocycles. The number of hydrogen-bond donors (Lipinski definition) is 1. The molecule has 0 aliphatic carbocycles. The van der Waals surface area contributed by atoms with Crippen LogP contribution in [0.25, 0.3) is 0 Å². The van der Waals surface area contributed by atoms with Gasteiger partial charge in [-0.25, -0.2) is 0 Å². The lowest BCUT2D eigenvalue weighted by Gasteiger charge is -2.26. The third-order valence-corrected chi connectivity index (χ3v) is 3.47. The molecule has 1 N–H and O–H groups in total. The quantitative estimate of drug-likeness (QED) is 0.719. The van der Waals surface area contributed by atoms with Crippen LogP contribution in [0.3, 0.4) is 0 Å². The minimum absolute atomic E-state index is 0.0969. The molecule has 0 radical (unpaired) electrons. The zero-order chi connectivity index (χ0) is 18.3. The normalized spacial score (nSPS) is 12.9. The summed E-state index contributed by atoms with van der Waals surface area (Å²) < 4.78 is 15.0. The summed E-state index contributed by atoms with van der Waals surface area (Å²) in [5.74, 6) is -0.290. The first-order valence-electron chi connectivity index (χ1n) is 7.60. The molecule has 7 heteroatoms. The molecular formula is C17H25NO6. The second-order valence-corrected chi connectivity index (χ2v) is 5.58. The molecule has 0 fully saturated rings. The molecule has 1 aromatic rings. The number of methoxy groups -OCH3 is 3. The van der Waals surface area contributed by atoms with E-state index in [1.54, 1.807) is 32.0 Å². The summed E-state index contributed by atoms with van der Waals surface area (Å²) in [5.41, 5.74) is 0.351. The van der Waals surface area contributed by atoms with E-state index in [2.05, 4.69) is 0 Å². The number of ether oxygens (including phenoxy) is 3. The van der Waals surface area contributed by atoms with Crippen molar-refractivity contribution in [3.05, 3.63) is 23.8 Å². The second kappa shape index (κ2) is 9.12. The van der Waals surface area contributed by atoms with Gasteiger partial charge in [-0.1, -0.05) is 6.92 Å². The molecule has 134 valence electrons. The van der Waals surface area contributed by atoms with Crippen LogP contribution < -0.4 is 9.47 Å². The van der Waals surface area contributed by atoms with Crippen molar-refractivity contribution in [2.75, 3.05) is 34.4 Å². The molecule has 0 aromatic heterocycles. The highest BCUT2D eigenvalue weighted by molar-refractivity contribution is 5.95. The van der Waals surface area contributed by atoms with Crippen LogP contribution in [0.5, 0.6) is 11.5 Å². The molecule has 7 nitrogen and oxygen atoms in total. The zero-order valence-electron chi connectivity index (χ0n) is 14.7. The Balaban J connectivity index is 3.09. The Hall–Kier alpha value is -2.28. The van der Waals surface area contributed by atoms with E-state index in [0.29, 0.717) is 17.1 Å². The Labute approximate surface area is 142 Å². The highest BCUT2D eigenvalue weighted by Crippen LogP contribution is 2.24. The summed E-state index contributed by atoms with van der Waals surface area (Å²) in [6.45, 7) is 3.48. The number of aliphatic hydroxyl groups is 1. The SMILES string of the molecule is COC(=O)C(C)CN(CC(C)O)C(=O)c1cc(OC)cc(OC)c1. The van der Waals surface area contributed by atoms with Crippen LogP contribution >= 0.6 is 0 Å². The highest BCUT2D eigenvalue weighted by atomic mass is 16.5. The van der Waals surface area contributed by atoms with Crippen LogP contribution in [0.1, 0.15) is 24.2 Å². The van der Waals surface area contributed by atoms with Gasteiger partial charge in [0.05, 0.1) is 33.4 Å². The van der Waals surface area contributed by atoms with Crippen molar-refractivity contribution in [3.63, 3.8) is 0 Å². The maximum atomic E-state index is 12.8. The first-order valence-corrected chi connectivity index (χ1v) is 7.60. The maximum absolute atomic E-state index is 12.8. The van der Waals surface area contributed by atoms with Gasteiger partial charge in [-0.05, 0) is 19.1 Å². The molecule has 24 heavy (non-hydrogen) atoms. The van der Waals surface area contributed by atoms with Gasteiger partial charge in [-0.2, -0.15) is 0 Å². The molecule has 1 rings (SSSR count). The van der Waals surface area contributed by atoms with Crippen molar-refractivity contribution in [2.24, 2.45) is 5.92 Å². The van der Waals surface area contributed by atoms with Crippen LogP contribution in [-0.2, 0) is 9.53 Å². The van der Waals surface area contributed by atoms with E-state index in [0.717, 1.165) is 0 Å². The topological polar surface area (TPSA) is 85.3 Å². The fourth-order valence-corrected chi connectivity index (χ4v) is 2.28. The molecular weight excluding hydrogens is 314 g/mol. The van der Waals surface area contributed by atoms with E-state index >= 15 is 0 Å².